The van der Waals surface area contributed by atoms with Crippen molar-refractivity contribution >= 4 is 12.0 Å². The van der Waals surface area contributed by atoms with Crippen LogP contribution >= 0.6 is 0 Å². The van der Waals surface area contributed by atoms with Crippen LogP contribution in [0.1, 0.15) is 61.4 Å². The number of piperidine rings is 1. The van der Waals surface area contributed by atoms with Gasteiger partial charge in [0.2, 0.25) is 0 Å². The van der Waals surface area contributed by atoms with Gasteiger partial charge in [0.1, 0.15) is 11.4 Å². The molecular formula is C22H31N5O3. The molecule has 1 aromatic carbocycles. The molecule has 0 bridgehead atoms. The Hall–Kier alpha value is -2.90. The zero-order chi connectivity index (χ0) is 22.1. The van der Waals surface area contributed by atoms with Crippen LogP contribution in [0.25, 0.3) is 11.4 Å². The lowest BCUT2D eigenvalue weighted by Gasteiger charge is -2.33. The normalized spacial score (nSPS) is 15.2. The second kappa shape index (κ2) is 8.45. The van der Waals surface area contributed by atoms with E-state index in [1.807, 2.05) is 57.5 Å². The smallest absolute Gasteiger partial charge is 0.410 e. The van der Waals surface area contributed by atoms with Crippen LogP contribution in [-0.4, -0.2) is 57.4 Å². The Bertz CT molecular complexity index is 937. The average molecular weight is 414 g/mol. The molecule has 1 aliphatic heterocycles. The Labute approximate surface area is 177 Å². The van der Waals surface area contributed by atoms with Gasteiger partial charge in [0.25, 0.3) is 5.91 Å². The maximum atomic E-state index is 12.3. The summed E-state index contributed by atoms with van der Waals surface area (Å²) in [6, 6.07) is 5.86. The molecule has 2 amide bonds. The predicted octanol–water partition coefficient (Wildman–Crippen LogP) is 3.49. The van der Waals surface area contributed by atoms with E-state index in [0.29, 0.717) is 24.5 Å². The van der Waals surface area contributed by atoms with Gasteiger partial charge in [0.05, 0.1) is 6.04 Å². The Kier molecular flexibility index (Phi) is 6.14. The maximum absolute atomic E-state index is 12.3. The lowest BCUT2D eigenvalue weighted by atomic mass is 10.0. The van der Waals surface area contributed by atoms with E-state index in [4.69, 9.17) is 4.74 Å². The van der Waals surface area contributed by atoms with E-state index in [0.717, 1.165) is 29.8 Å². The fourth-order valence-electron chi connectivity index (χ4n) is 3.69. The fourth-order valence-corrected chi connectivity index (χ4v) is 3.69. The Morgan fingerprint density at radius 1 is 1.17 bits per heavy atom. The zero-order valence-electron chi connectivity index (χ0n) is 18.7. The summed E-state index contributed by atoms with van der Waals surface area (Å²) in [6.45, 7) is 10.7. The number of rotatable bonds is 3. The summed E-state index contributed by atoms with van der Waals surface area (Å²) in [5, 5.41) is 7.30. The van der Waals surface area contributed by atoms with E-state index in [1.165, 1.54) is 0 Å². The molecule has 0 spiro atoms. The number of benzene rings is 1. The van der Waals surface area contributed by atoms with Gasteiger partial charge in [-0.15, -0.1) is 0 Å². The van der Waals surface area contributed by atoms with Crippen LogP contribution in [0, 0.1) is 13.8 Å². The first kappa shape index (κ1) is 21.8. The molecule has 162 valence electrons. The highest BCUT2D eigenvalue weighted by Gasteiger charge is 2.29. The minimum absolute atomic E-state index is 0.105. The summed E-state index contributed by atoms with van der Waals surface area (Å²) in [4.78, 5) is 30.7. The van der Waals surface area contributed by atoms with Crippen LogP contribution in [-0.2, 0) is 4.74 Å². The van der Waals surface area contributed by atoms with Gasteiger partial charge in [-0.3, -0.25) is 4.79 Å². The number of carbonyl (C=O) groups is 2. The number of hydrogen-bond donors (Lipinski definition) is 1. The summed E-state index contributed by atoms with van der Waals surface area (Å²) >= 11 is 0. The third kappa shape index (κ3) is 4.80. The van der Waals surface area contributed by atoms with E-state index in [2.05, 4.69) is 15.4 Å². The lowest BCUT2D eigenvalue weighted by Crippen LogP contribution is -2.42. The summed E-state index contributed by atoms with van der Waals surface area (Å²) in [5.74, 6) is 1.38. The minimum Gasteiger partial charge on any atom is -0.444 e. The molecule has 0 saturated carbocycles. The SMILES string of the molecule is CNC(=O)c1ccc(-c2nc(C)nn2C2CCN(C(=O)OC(C)(C)C)CC2)cc1C. The van der Waals surface area contributed by atoms with Crippen LogP contribution in [0.5, 0.6) is 0 Å². The third-order valence-electron chi connectivity index (χ3n) is 5.16. The number of carbonyl (C=O) groups excluding carboxylic acids is 2. The molecule has 0 radical (unpaired) electrons. The molecule has 1 aliphatic rings. The summed E-state index contributed by atoms with van der Waals surface area (Å²) in [7, 11) is 1.62. The van der Waals surface area contributed by atoms with E-state index in [9.17, 15) is 9.59 Å². The van der Waals surface area contributed by atoms with Crippen molar-refractivity contribution in [1.29, 1.82) is 0 Å². The van der Waals surface area contributed by atoms with Gasteiger partial charge >= 0.3 is 6.09 Å². The van der Waals surface area contributed by atoms with Crippen molar-refractivity contribution in [1.82, 2.24) is 25.0 Å². The Morgan fingerprint density at radius 2 is 1.83 bits per heavy atom. The van der Waals surface area contributed by atoms with Crippen molar-refractivity contribution in [2.24, 2.45) is 0 Å². The number of hydrogen-bond acceptors (Lipinski definition) is 5. The van der Waals surface area contributed by atoms with Crippen LogP contribution < -0.4 is 5.32 Å². The average Bonchev–Trinajstić information content (AvgIpc) is 3.08. The first-order chi connectivity index (χ1) is 14.1. The standard InChI is InChI=1S/C22H31N5O3/c1-14-13-16(7-8-18(14)20(28)23-6)19-24-15(2)25-27(19)17-9-11-26(12-10-17)21(29)30-22(3,4)5/h7-8,13,17H,9-12H2,1-6H3,(H,23,28). The highest BCUT2D eigenvalue weighted by molar-refractivity contribution is 5.95. The predicted molar refractivity (Wildman–Crippen MR) is 114 cm³/mol. The number of likely N-dealkylation sites (tertiary alicyclic amines) is 1. The molecule has 2 aromatic rings. The van der Waals surface area contributed by atoms with Crippen molar-refractivity contribution < 1.29 is 14.3 Å². The molecule has 8 nitrogen and oxygen atoms in total. The molecule has 1 fully saturated rings. The van der Waals surface area contributed by atoms with Gasteiger partial charge in [-0.25, -0.2) is 14.5 Å². The van der Waals surface area contributed by atoms with E-state index >= 15 is 0 Å². The second-order valence-electron chi connectivity index (χ2n) is 8.73. The number of aryl methyl sites for hydroxylation is 2. The minimum atomic E-state index is -0.497. The molecular weight excluding hydrogens is 382 g/mol. The second-order valence-corrected chi connectivity index (χ2v) is 8.73. The van der Waals surface area contributed by atoms with Crippen molar-refractivity contribution in [3.63, 3.8) is 0 Å². The molecule has 1 N–H and O–H groups in total. The van der Waals surface area contributed by atoms with Gasteiger partial charge in [0.15, 0.2) is 5.82 Å². The zero-order valence-corrected chi connectivity index (χ0v) is 18.7. The molecule has 1 aromatic heterocycles. The van der Waals surface area contributed by atoms with E-state index < -0.39 is 5.60 Å². The van der Waals surface area contributed by atoms with Gasteiger partial charge in [0, 0.05) is 31.3 Å². The van der Waals surface area contributed by atoms with Crippen molar-refractivity contribution in [2.45, 2.75) is 59.1 Å². The highest BCUT2D eigenvalue weighted by atomic mass is 16.6. The molecule has 1 saturated heterocycles. The topological polar surface area (TPSA) is 89.4 Å². The number of amides is 2. The summed E-state index contributed by atoms with van der Waals surface area (Å²) in [6.07, 6.45) is 1.30. The number of ether oxygens (including phenoxy) is 1. The first-order valence-electron chi connectivity index (χ1n) is 10.3. The Morgan fingerprint density at radius 3 is 2.40 bits per heavy atom. The maximum Gasteiger partial charge on any atom is 0.410 e. The molecule has 0 atom stereocenters. The quantitative estimate of drug-likeness (QED) is 0.832. The summed E-state index contributed by atoms with van der Waals surface area (Å²) < 4.78 is 7.46. The van der Waals surface area contributed by atoms with Crippen molar-refractivity contribution in [2.75, 3.05) is 20.1 Å². The monoisotopic (exact) mass is 413 g/mol. The number of nitrogens with one attached hydrogen (secondary N) is 1. The molecule has 2 heterocycles. The Balaban J connectivity index is 1.78. The summed E-state index contributed by atoms with van der Waals surface area (Å²) in [5.41, 5.74) is 1.96. The largest absolute Gasteiger partial charge is 0.444 e. The molecule has 0 unspecified atom stereocenters. The van der Waals surface area contributed by atoms with Gasteiger partial charge in [-0.2, -0.15) is 5.10 Å². The molecule has 3 rings (SSSR count). The van der Waals surface area contributed by atoms with E-state index in [1.54, 1.807) is 11.9 Å². The first-order valence-corrected chi connectivity index (χ1v) is 10.3. The number of aromatic nitrogens is 3. The molecule has 30 heavy (non-hydrogen) atoms. The lowest BCUT2D eigenvalue weighted by molar-refractivity contribution is 0.0185. The van der Waals surface area contributed by atoms with Gasteiger partial charge in [-0.05, 0) is 65.2 Å². The number of nitrogens with zero attached hydrogens (tertiary/aromatic N) is 4. The fraction of sp³-hybridized carbons (Fsp3) is 0.545. The van der Waals surface area contributed by atoms with Gasteiger partial charge in [-0.1, -0.05) is 6.07 Å². The molecule has 0 aliphatic carbocycles. The van der Waals surface area contributed by atoms with Crippen molar-refractivity contribution in [3.8, 4) is 11.4 Å². The van der Waals surface area contributed by atoms with E-state index in [-0.39, 0.29) is 18.0 Å². The third-order valence-corrected chi connectivity index (χ3v) is 5.16. The van der Waals surface area contributed by atoms with Crippen LogP contribution in [0.3, 0.4) is 0 Å². The highest BCUT2D eigenvalue weighted by Crippen LogP contribution is 2.29. The van der Waals surface area contributed by atoms with Gasteiger partial charge < -0.3 is 15.0 Å². The van der Waals surface area contributed by atoms with Crippen LogP contribution in [0.4, 0.5) is 4.79 Å². The van der Waals surface area contributed by atoms with Crippen LogP contribution in [0.2, 0.25) is 0 Å². The van der Waals surface area contributed by atoms with Crippen LogP contribution in [0.15, 0.2) is 18.2 Å². The molecule has 8 heteroatoms. The van der Waals surface area contributed by atoms with Crippen molar-refractivity contribution in [3.05, 3.63) is 35.2 Å².